The molecule has 1 saturated heterocycles. The van der Waals surface area contributed by atoms with Gasteiger partial charge in [0.15, 0.2) is 17.0 Å². The molecule has 5 rings (SSSR count). The highest BCUT2D eigenvalue weighted by molar-refractivity contribution is 5.84. The van der Waals surface area contributed by atoms with Gasteiger partial charge >= 0.3 is 0 Å². The molecule has 0 radical (unpaired) electrons. The molecule has 0 saturated carbocycles. The first-order chi connectivity index (χ1) is 17.2. The standard InChI is InChI=1S/C25H28N8O2/c1-35-20-6-4-18(5-7-20)8-13-27-23-22-24(31-25(30-23)29-19-9-11-26-12-10-19)33(17-28-22)16-15-32-14-2-3-21(32)34/h4-7,9-12,17H,2-3,8,13-16H2,1H3,(H2,26,27,29,30,31). The average molecular weight is 473 g/mol. The average Bonchev–Trinajstić information content (AvgIpc) is 3.49. The number of rotatable bonds is 10. The normalized spacial score (nSPS) is 13.4. The van der Waals surface area contributed by atoms with Crippen LogP contribution in [0.2, 0.25) is 0 Å². The Morgan fingerprint density at radius 3 is 2.63 bits per heavy atom. The van der Waals surface area contributed by atoms with Gasteiger partial charge in [-0.3, -0.25) is 9.78 Å². The van der Waals surface area contributed by atoms with Crippen LogP contribution in [0.5, 0.6) is 5.75 Å². The van der Waals surface area contributed by atoms with Crippen LogP contribution in [0, 0.1) is 0 Å². The van der Waals surface area contributed by atoms with Gasteiger partial charge in [-0.25, -0.2) is 4.98 Å². The number of ether oxygens (including phenoxy) is 1. The van der Waals surface area contributed by atoms with Crippen molar-refractivity contribution in [3.05, 3.63) is 60.7 Å². The number of hydrogen-bond donors (Lipinski definition) is 2. The molecule has 35 heavy (non-hydrogen) atoms. The molecule has 1 aromatic carbocycles. The second-order valence-corrected chi connectivity index (χ2v) is 8.38. The molecule has 0 aliphatic carbocycles. The van der Waals surface area contributed by atoms with Gasteiger partial charge < -0.3 is 24.8 Å². The second-order valence-electron chi connectivity index (χ2n) is 8.38. The first-order valence-electron chi connectivity index (χ1n) is 11.7. The third-order valence-corrected chi connectivity index (χ3v) is 6.05. The molecule has 10 heteroatoms. The molecule has 0 bridgehead atoms. The molecule has 3 aromatic heterocycles. The van der Waals surface area contributed by atoms with Crippen molar-refractivity contribution in [2.75, 3.05) is 37.4 Å². The van der Waals surface area contributed by atoms with E-state index >= 15 is 0 Å². The SMILES string of the molecule is COc1ccc(CCNc2nc(Nc3ccncc3)nc3c2ncn3CCN2CCCC2=O)cc1. The van der Waals surface area contributed by atoms with Gasteiger partial charge in [-0.2, -0.15) is 9.97 Å². The van der Waals surface area contributed by atoms with E-state index in [1.54, 1.807) is 25.8 Å². The van der Waals surface area contributed by atoms with Gasteiger partial charge in [-0.05, 0) is 42.7 Å². The quantitative estimate of drug-likeness (QED) is 0.362. The van der Waals surface area contributed by atoms with Gasteiger partial charge in [0.2, 0.25) is 11.9 Å². The van der Waals surface area contributed by atoms with E-state index in [0.29, 0.717) is 43.3 Å². The van der Waals surface area contributed by atoms with Crippen LogP contribution in [0.4, 0.5) is 17.5 Å². The van der Waals surface area contributed by atoms with Crippen LogP contribution in [0.1, 0.15) is 18.4 Å². The Morgan fingerprint density at radius 1 is 1.06 bits per heavy atom. The number of carbonyl (C=O) groups excluding carboxylic acids is 1. The van der Waals surface area contributed by atoms with Gasteiger partial charge in [0.05, 0.1) is 13.4 Å². The summed E-state index contributed by atoms with van der Waals surface area (Å²) >= 11 is 0. The number of nitrogens with one attached hydrogen (secondary N) is 2. The maximum absolute atomic E-state index is 12.0. The number of anilines is 3. The fraction of sp³-hybridized carbons (Fsp3) is 0.320. The van der Waals surface area contributed by atoms with Crippen molar-refractivity contribution in [2.45, 2.75) is 25.8 Å². The largest absolute Gasteiger partial charge is 0.497 e. The summed E-state index contributed by atoms with van der Waals surface area (Å²) in [5, 5.41) is 6.69. The van der Waals surface area contributed by atoms with E-state index in [1.165, 1.54) is 5.56 Å². The number of fused-ring (bicyclic) bond motifs is 1. The van der Waals surface area contributed by atoms with Gasteiger partial charge in [0.25, 0.3) is 0 Å². The van der Waals surface area contributed by atoms with Gasteiger partial charge in [0, 0.05) is 50.7 Å². The van der Waals surface area contributed by atoms with E-state index in [9.17, 15) is 4.79 Å². The number of carbonyl (C=O) groups is 1. The van der Waals surface area contributed by atoms with E-state index in [1.807, 2.05) is 33.7 Å². The van der Waals surface area contributed by atoms with E-state index in [2.05, 4.69) is 32.7 Å². The number of methoxy groups -OCH3 is 1. The minimum atomic E-state index is 0.213. The predicted octanol–water partition coefficient (Wildman–Crippen LogP) is 3.25. The maximum atomic E-state index is 12.0. The van der Waals surface area contributed by atoms with Crippen LogP contribution in [0.25, 0.3) is 11.2 Å². The highest BCUT2D eigenvalue weighted by Crippen LogP contribution is 2.23. The molecule has 10 nitrogen and oxygen atoms in total. The Balaban J connectivity index is 1.37. The monoisotopic (exact) mass is 472 g/mol. The predicted molar refractivity (Wildman–Crippen MR) is 134 cm³/mol. The van der Waals surface area contributed by atoms with Crippen molar-refractivity contribution in [1.82, 2.24) is 29.4 Å². The summed E-state index contributed by atoms with van der Waals surface area (Å²) in [5.41, 5.74) is 3.46. The van der Waals surface area contributed by atoms with E-state index in [-0.39, 0.29) is 5.91 Å². The molecule has 1 amide bonds. The molecule has 0 spiro atoms. The highest BCUT2D eigenvalue weighted by Gasteiger charge is 2.20. The number of aromatic nitrogens is 5. The molecule has 4 heterocycles. The van der Waals surface area contributed by atoms with Gasteiger partial charge in [0.1, 0.15) is 5.75 Å². The molecule has 1 fully saturated rings. The fourth-order valence-electron chi connectivity index (χ4n) is 4.14. The summed E-state index contributed by atoms with van der Waals surface area (Å²) in [4.78, 5) is 32.0. The third kappa shape index (κ3) is 5.32. The van der Waals surface area contributed by atoms with Crippen molar-refractivity contribution >= 4 is 34.5 Å². The molecule has 4 aromatic rings. The van der Waals surface area contributed by atoms with Crippen LogP contribution < -0.4 is 15.4 Å². The summed E-state index contributed by atoms with van der Waals surface area (Å²) in [6.07, 6.45) is 7.58. The molecular formula is C25H28N8O2. The summed E-state index contributed by atoms with van der Waals surface area (Å²) in [5.74, 6) is 2.18. The lowest BCUT2D eigenvalue weighted by Crippen LogP contribution is -2.28. The van der Waals surface area contributed by atoms with Crippen molar-refractivity contribution in [1.29, 1.82) is 0 Å². The van der Waals surface area contributed by atoms with E-state index in [4.69, 9.17) is 14.7 Å². The summed E-state index contributed by atoms with van der Waals surface area (Å²) in [6, 6.07) is 11.8. The van der Waals surface area contributed by atoms with Crippen LogP contribution in [-0.2, 0) is 17.8 Å². The first-order valence-corrected chi connectivity index (χ1v) is 11.7. The Bertz CT molecular complexity index is 1290. The molecule has 0 unspecified atom stereocenters. The van der Waals surface area contributed by atoms with Crippen molar-refractivity contribution in [3.63, 3.8) is 0 Å². The zero-order valence-electron chi connectivity index (χ0n) is 19.6. The third-order valence-electron chi connectivity index (χ3n) is 6.05. The van der Waals surface area contributed by atoms with Crippen LogP contribution in [0.15, 0.2) is 55.1 Å². The zero-order valence-corrected chi connectivity index (χ0v) is 19.6. The highest BCUT2D eigenvalue weighted by atomic mass is 16.5. The van der Waals surface area contributed by atoms with Crippen molar-refractivity contribution < 1.29 is 9.53 Å². The molecule has 180 valence electrons. The smallest absolute Gasteiger partial charge is 0.231 e. The number of pyridine rings is 1. The fourth-order valence-corrected chi connectivity index (χ4v) is 4.14. The van der Waals surface area contributed by atoms with Crippen LogP contribution >= 0.6 is 0 Å². The number of hydrogen-bond acceptors (Lipinski definition) is 8. The molecular weight excluding hydrogens is 444 g/mol. The number of benzene rings is 1. The van der Waals surface area contributed by atoms with E-state index in [0.717, 1.165) is 36.5 Å². The maximum Gasteiger partial charge on any atom is 0.231 e. The van der Waals surface area contributed by atoms with Crippen molar-refractivity contribution in [2.24, 2.45) is 0 Å². The van der Waals surface area contributed by atoms with Crippen LogP contribution in [0.3, 0.4) is 0 Å². The second kappa shape index (κ2) is 10.4. The van der Waals surface area contributed by atoms with Crippen LogP contribution in [-0.4, -0.2) is 62.1 Å². The topological polar surface area (TPSA) is 110 Å². The molecule has 1 aliphatic heterocycles. The number of amides is 1. The summed E-state index contributed by atoms with van der Waals surface area (Å²) in [7, 11) is 1.66. The summed E-state index contributed by atoms with van der Waals surface area (Å²) < 4.78 is 7.22. The molecule has 2 N–H and O–H groups in total. The first kappa shape index (κ1) is 22.6. The zero-order chi connectivity index (χ0) is 24.0. The van der Waals surface area contributed by atoms with Gasteiger partial charge in [-0.15, -0.1) is 0 Å². The number of likely N-dealkylation sites (tertiary alicyclic amines) is 1. The Hall–Kier alpha value is -4.21. The number of imidazole rings is 1. The lowest BCUT2D eigenvalue weighted by molar-refractivity contribution is -0.127. The number of nitrogens with zero attached hydrogens (tertiary/aromatic N) is 6. The lowest BCUT2D eigenvalue weighted by Gasteiger charge is -2.16. The van der Waals surface area contributed by atoms with Gasteiger partial charge in [-0.1, -0.05) is 12.1 Å². The molecule has 0 atom stereocenters. The Labute approximate surface area is 203 Å². The lowest BCUT2D eigenvalue weighted by atomic mass is 10.1. The summed E-state index contributed by atoms with van der Waals surface area (Å²) in [6.45, 7) is 2.76. The van der Waals surface area contributed by atoms with Crippen molar-refractivity contribution in [3.8, 4) is 5.75 Å². The van der Waals surface area contributed by atoms with E-state index < -0.39 is 0 Å². The molecule has 1 aliphatic rings. The minimum Gasteiger partial charge on any atom is -0.497 e. The Kier molecular flexibility index (Phi) is 6.69. The Morgan fingerprint density at radius 2 is 1.89 bits per heavy atom. The minimum absolute atomic E-state index is 0.213.